The molecular formula is C20H23N3O3. The van der Waals surface area contributed by atoms with E-state index in [9.17, 15) is 5.11 Å². The van der Waals surface area contributed by atoms with E-state index in [-0.39, 0.29) is 12.1 Å². The number of benzene rings is 1. The van der Waals surface area contributed by atoms with E-state index in [1.54, 1.807) is 25.7 Å². The molecule has 1 saturated carbocycles. The molecule has 0 saturated heterocycles. The molecule has 6 heteroatoms. The van der Waals surface area contributed by atoms with Crippen LogP contribution in [0.1, 0.15) is 31.9 Å². The molecule has 136 valence electrons. The summed E-state index contributed by atoms with van der Waals surface area (Å²) < 4.78 is 11.3. The highest BCUT2D eigenvalue weighted by molar-refractivity contribution is 5.70. The first-order chi connectivity index (χ1) is 12.7. The van der Waals surface area contributed by atoms with Crippen LogP contribution in [0.4, 0.5) is 0 Å². The Kier molecular flexibility index (Phi) is 4.51. The second kappa shape index (κ2) is 6.96. The molecule has 2 heterocycles. The molecule has 26 heavy (non-hydrogen) atoms. The first-order valence-corrected chi connectivity index (χ1v) is 9.00. The van der Waals surface area contributed by atoms with E-state index < -0.39 is 0 Å². The van der Waals surface area contributed by atoms with Crippen LogP contribution in [0.5, 0.6) is 11.5 Å². The fourth-order valence-corrected chi connectivity index (χ4v) is 3.84. The number of ether oxygens (including phenoxy) is 2. The average molecular weight is 353 g/mol. The smallest absolute Gasteiger partial charge is 0.161 e. The van der Waals surface area contributed by atoms with E-state index in [0.29, 0.717) is 18.8 Å². The Balaban J connectivity index is 2.04. The number of hydrogen-bond donors (Lipinski definition) is 2. The van der Waals surface area contributed by atoms with Crippen molar-refractivity contribution in [2.45, 2.75) is 38.3 Å². The van der Waals surface area contributed by atoms with Crippen molar-refractivity contribution >= 4 is 11.3 Å². The lowest BCUT2D eigenvalue weighted by atomic mass is 9.84. The highest BCUT2D eigenvalue weighted by atomic mass is 16.5. The van der Waals surface area contributed by atoms with Crippen LogP contribution in [-0.2, 0) is 0 Å². The van der Waals surface area contributed by atoms with Gasteiger partial charge in [-0.1, -0.05) is 0 Å². The Labute approximate surface area is 152 Å². The maximum atomic E-state index is 10.2. The molecule has 1 fully saturated rings. The first kappa shape index (κ1) is 16.8. The van der Waals surface area contributed by atoms with Gasteiger partial charge in [0.05, 0.1) is 31.7 Å². The Morgan fingerprint density at radius 1 is 1.19 bits per heavy atom. The van der Waals surface area contributed by atoms with Crippen molar-refractivity contribution in [3.63, 3.8) is 0 Å². The lowest BCUT2D eigenvalue weighted by Crippen LogP contribution is -2.49. The second-order valence-corrected chi connectivity index (χ2v) is 6.60. The largest absolute Gasteiger partial charge is 0.493 e. The van der Waals surface area contributed by atoms with Gasteiger partial charge in [-0.2, -0.15) is 0 Å². The van der Waals surface area contributed by atoms with Crippen molar-refractivity contribution in [1.82, 2.24) is 15.3 Å². The quantitative estimate of drug-likeness (QED) is 0.843. The van der Waals surface area contributed by atoms with E-state index in [4.69, 9.17) is 9.47 Å². The highest BCUT2D eigenvalue weighted by Crippen LogP contribution is 2.29. The zero-order valence-corrected chi connectivity index (χ0v) is 15.0. The minimum absolute atomic E-state index is 0.186. The molecule has 0 unspecified atom stereocenters. The fraction of sp³-hybridized carbons (Fsp3) is 0.400. The molecule has 2 aliphatic rings. The molecule has 1 aliphatic carbocycles. The molecule has 1 aromatic carbocycles. The van der Waals surface area contributed by atoms with Crippen LogP contribution in [0, 0.1) is 0 Å². The third kappa shape index (κ3) is 2.90. The van der Waals surface area contributed by atoms with Crippen LogP contribution in [0.25, 0.3) is 11.3 Å². The molecule has 0 radical (unpaired) electrons. The lowest BCUT2D eigenvalue weighted by Gasteiger charge is -2.34. The summed E-state index contributed by atoms with van der Waals surface area (Å²) in [5.74, 6) is 1.41. The van der Waals surface area contributed by atoms with Gasteiger partial charge in [0, 0.05) is 23.7 Å². The third-order valence-electron chi connectivity index (χ3n) is 5.02. The van der Waals surface area contributed by atoms with E-state index in [0.717, 1.165) is 40.4 Å². The summed E-state index contributed by atoms with van der Waals surface area (Å²) in [6, 6.07) is 4.21. The summed E-state index contributed by atoms with van der Waals surface area (Å²) in [5.41, 5.74) is 2.96. The van der Waals surface area contributed by atoms with Gasteiger partial charge in [-0.25, -0.2) is 0 Å². The van der Waals surface area contributed by atoms with Crippen LogP contribution in [0.3, 0.4) is 0 Å². The van der Waals surface area contributed by atoms with Crippen LogP contribution >= 0.6 is 0 Å². The van der Waals surface area contributed by atoms with Gasteiger partial charge in [-0.05, 0) is 49.1 Å². The summed E-state index contributed by atoms with van der Waals surface area (Å²) in [4.78, 5) is 8.69. The van der Waals surface area contributed by atoms with E-state index in [1.165, 1.54) is 5.57 Å². The first-order valence-electron chi connectivity index (χ1n) is 9.00. The number of nitrogens with zero attached hydrogens (tertiary/aromatic N) is 2. The van der Waals surface area contributed by atoms with Gasteiger partial charge in [0.15, 0.2) is 11.5 Å². The van der Waals surface area contributed by atoms with Crippen molar-refractivity contribution in [3.8, 4) is 11.5 Å². The predicted molar refractivity (Wildman–Crippen MR) is 98.1 cm³/mol. The maximum absolute atomic E-state index is 10.2. The maximum Gasteiger partial charge on any atom is 0.161 e. The van der Waals surface area contributed by atoms with Crippen molar-refractivity contribution in [2.24, 2.45) is 0 Å². The van der Waals surface area contributed by atoms with Crippen LogP contribution < -0.4 is 25.2 Å². The molecular weight excluding hydrogens is 330 g/mol. The Bertz CT molecular complexity index is 927. The fourth-order valence-electron chi connectivity index (χ4n) is 3.84. The number of aliphatic hydroxyl groups excluding tert-OH is 1. The Hall–Kier alpha value is -2.60. The molecule has 0 bridgehead atoms. The second-order valence-electron chi connectivity index (χ2n) is 6.60. The van der Waals surface area contributed by atoms with Gasteiger partial charge < -0.3 is 19.9 Å². The van der Waals surface area contributed by atoms with Gasteiger partial charge in [-0.15, -0.1) is 0 Å². The van der Waals surface area contributed by atoms with Crippen LogP contribution in [0.2, 0.25) is 0 Å². The minimum atomic E-state index is -0.299. The van der Waals surface area contributed by atoms with E-state index in [2.05, 4.69) is 15.3 Å². The number of fused-ring (bicyclic) bond motifs is 2. The summed E-state index contributed by atoms with van der Waals surface area (Å²) in [6.45, 7) is 2.52. The van der Waals surface area contributed by atoms with Crippen molar-refractivity contribution < 1.29 is 14.6 Å². The summed E-state index contributed by atoms with van der Waals surface area (Å²) in [5, 5.41) is 15.9. The van der Waals surface area contributed by atoms with Crippen LogP contribution in [0.15, 0.2) is 30.7 Å². The zero-order valence-electron chi connectivity index (χ0n) is 15.0. The number of methoxy groups -OCH3 is 1. The predicted octanol–water partition coefficient (Wildman–Crippen LogP) is 0.708. The molecule has 2 atom stereocenters. The molecule has 0 amide bonds. The van der Waals surface area contributed by atoms with Gasteiger partial charge >= 0.3 is 0 Å². The molecule has 2 N–H and O–H groups in total. The standard InChI is InChI=1S/C20H23N3O3/c1-3-26-19-9-13-14-8-12(24)4-5-16(14)23-20(15(13)10-18(19)25-2)17-11-21-6-7-22-17/h6-7,9-12,16,23-24H,3-5,8H2,1-2H3/t12-,16-/m1/s1. The normalized spacial score (nSPS) is 21.5. The summed E-state index contributed by atoms with van der Waals surface area (Å²) in [6.07, 6.45) is 7.16. The van der Waals surface area contributed by atoms with Gasteiger partial charge in [0.1, 0.15) is 5.69 Å². The summed E-state index contributed by atoms with van der Waals surface area (Å²) in [7, 11) is 1.64. The monoisotopic (exact) mass is 353 g/mol. The lowest BCUT2D eigenvalue weighted by molar-refractivity contribution is 0.152. The Morgan fingerprint density at radius 2 is 2.04 bits per heavy atom. The molecule has 6 nitrogen and oxygen atoms in total. The molecule has 2 aromatic rings. The molecule has 0 spiro atoms. The highest BCUT2D eigenvalue weighted by Gasteiger charge is 2.29. The zero-order chi connectivity index (χ0) is 18.1. The molecule has 1 aliphatic heterocycles. The topological polar surface area (TPSA) is 76.5 Å². The van der Waals surface area contributed by atoms with Gasteiger partial charge in [-0.3, -0.25) is 9.97 Å². The van der Waals surface area contributed by atoms with Gasteiger partial charge in [0.25, 0.3) is 0 Å². The van der Waals surface area contributed by atoms with E-state index >= 15 is 0 Å². The SMILES string of the molecule is CCOc1cc2c(cc1OC)=C(c1cnccn1)N[C@@H]1CC[C@@H](O)CC=21. The minimum Gasteiger partial charge on any atom is -0.493 e. The number of hydrogen-bond acceptors (Lipinski definition) is 6. The number of nitrogens with one attached hydrogen (secondary N) is 1. The van der Waals surface area contributed by atoms with E-state index in [1.807, 2.05) is 19.1 Å². The molecule has 4 rings (SSSR count). The number of rotatable bonds is 4. The van der Waals surface area contributed by atoms with Crippen molar-refractivity contribution in [1.29, 1.82) is 0 Å². The van der Waals surface area contributed by atoms with Gasteiger partial charge in [0.2, 0.25) is 0 Å². The number of aromatic nitrogens is 2. The molecule has 1 aromatic heterocycles. The average Bonchev–Trinajstić information content (AvgIpc) is 2.68. The Morgan fingerprint density at radius 3 is 2.77 bits per heavy atom. The van der Waals surface area contributed by atoms with Crippen LogP contribution in [-0.4, -0.2) is 40.9 Å². The number of aliphatic hydroxyl groups is 1. The third-order valence-corrected chi connectivity index (χ3v) is 5.02. The summed E-state index contributed by atoms with van der Waals surface area (Å²) >= 11 is 0. The van der Waals surface area contributed by atoms with Crippen molar-refractivity contribution in [2.75, 3.05) is 13.7 Å². The van der Waals surface area contributed by atoms with Crippen molar-refractivity contribution in [3.05, 3.63) is 46.9 Å².